The predicted octanol–water partition coefficient (Wildman–Crippen LogP) is 3.23. The van der Waals surface area contributed by atoms with E-state index in [1.165, 1.54) is 12.2 Å². The average Bonchev–Trinajstić information content (AvgIpc) is 2.36. The van der Waals surface area contributed by atoms with Crippen molar-refractivity contribution in [1.29, 1.82) is 0 Å². The summed E-state index contributed by atoms with van der Waals surface area (Å²) in [5, 5.41) is 12.4. The highest BCUT2D eigenvalue weighted by Crippen LogP contribution is 2.21. The van der Waals surface area contributed by atoms with Crippen LogP contribution >= 0.6 is 23.2 Å². The van der Waals surface area contributed by atoms with Crippen LogP contribution in [0.25, 0.3) is 6.08 Å². The van der Waals surface area contributed by atoms with Gasteiger partial charge in [-0.1, -0.05) is 37.0 Å². The fourth-order valence-electron chi connectivity index (χ4n) is 1.52. The van der Waals surface area contributed by atoms with Gasteiger partial charge in [-0.05, 0) is 35.8 Å². The number of carbonyl (C=O) groups is 2. The van der Waals surface area contributed by atoms with Crippen molar-refractivity contribution in [1.82, 2.24) is 5.32 Å². The Bertz CT molecular complexity index is 541. The standard InChI is InChI=1S/C14H15Cl2NO3/c1-8(2)13(14(19)20)17-12(18)6-3-9-7-10(15)4-5-11(9)16/h3-8,13H,1-2H3,(H,17,18)(H,19,20)/b6-3+. The van der Waals surface area contributed by atoms with Gasteiger partial charge in [0.15, 0.2) is 0 Å². The molecule has 0 aliphatic heterocycles. The molecule has 1 aromatic carbocycles. The molecule has 0 spiro atoms. The summed E-state index contributed by atoms with van der Waals surface area (Å²) in [4.78, 5) is 22.7. The molecule has 1 rings (SSSR count). The Morgan fingerprint density at radius 1 is 1.30 bits per heavy atom. The van der Waals surface area contributed by atoms with E-state index in [4.69, 9.17) is 28.3 Å². The Balaban J connectivity index is 2.77. The molecule has 0 saturated carbocycles. The first-order valence-electron chi connectivity index (χ1n) is 5.97. The van der Waals surface area contributed by atoms with Crippen LogP contribution in [0.15, 0.2) is 24.3 Å². The number of rotatable bonds is 5. The van der Waals surface area contributed by atoms with Crippen LogP contribution in [0.2, 0.25) is 10.0 Å². The lowest BCUT2D eigenvalue weighted by Gasteiger charge is -2.16. The second kappa shape index (κ2) is 7.31. The molecule has 2 N–H and O–H groups in total. The molecule has 6 heteroatoms. The van der Waals surface area contributed by atoms with Crippen molar-refractivity contribution in [2.75, 3.05) is 0 Å². The van der Waals surface area contributed by atoms with E-state index >= 15 is 0 Å². The lowest BCUT2D eigenvalue weighted by Crippen LogP contribution is -2.43. The zero-order valence-electron chi connectivity index (χ0n) is 11.1. The second-order valence-electron chi connectivity index (χ2n) is 4.57. The van der Waals surface area contributed by atoms with Gasteiger partial charge in [0.25, 0.3) is 0 Å². The molecular weight excluding hydrogens is 301 g/mol. The molecule has 0 saturated heterocycles. The number of amides is 1. The van der Waals surface area contributed by atoms with Gasteiger partial charge in [0.05, 0.1) is 0 Å². The third-order valence-corrected chi connectivity index (χ3v) is 3.18. The summed E-state index contributed by atoms with van der Waals surface area (Å²) in [7, 11) is 0. The van der Waals surface area contributed by atoms with E-state index in [1.54, 1.807) is 32.0 Å². The van der Waals surface area contributed by atoms with Crippen molar-refractivity contribution in [3.8, 4) is 0 Å². The number of carbonyl (C=O) groups excluding carboxylic acids is 1. The van der Waals surface area contributed by atoms with Crippen LogP contribution in [-0.4, -0.2) is 23.0 Å². The minimum absolute atomic E-state index is 0.209. The highest BCUT2D eigenvalue weighted by atomic mass is 35.5. The number of carboxylic acid groups (broad SMARTS) is 1. The van der Waals surface area contributed by atoms with Crippen LogP contribution in [0.4, 0.5) is 0 Å². The van der Waals surface area contributed by atoms with Crippen molar-refractivity contribution in [3.05, 3.63) is 39.9 Å². The summed E-state index contributed by atoms with van der Waals surface area (Å²) < 4.78 is 0. The minimum Gasteiger partial charge on any atom is -0.480 e. The third kappa shape index (κ3) is 4.87. The SMILES string of the molecule is CC(C)C(NC(=O)/C=C/c1cc(Cl)ccc1Cl)C(=O)O. The normalized spacial score (nSPS) is 12.7. The van der Waals surface area contributed by atoms with E-state index in [1.807, 2.05) is 0 Å². The van der Waals surface area contributed by atoms with Gasteiger partial charge in [-0.15, -0.1) is 0 Å². The lowest BCUT2D eigenvalue weighted by molar-refractivity contribution is -0.142. The third-order valence-electron chi connectivity index (χ3n) is 2.60. The quantitative estimate of drug-likeness (QED) is 0.820. The molecule has 1 aromatic rings. The highest BCUT2D eigenvalue weighted by Gasteiger charge is 2.22. The summed E-state index contributed by atoms with van der Waals surface area (Å²) >= 11 is 11.8. The van der Waals surface area contributed by atoms with E-state index < -0.39 is 17.9 Å². The Labute approximate surface area is 127 Å². The lowest BCUT2D eigenvalue weighted by atomic mass is 10.0. The predicted molar refractivity (Wildman–Crippen MR) is 79.9 cm³/mol. The van der Waals surface area contributed by atoms with Crippen molar-refractivity contribution in [2.24, 2.45) is 5.92 Å². The molecular formula is C14H15Cl2NO3. The minimum atomic E-state index is -1.07. The Morgan fingerprint density at radius 3 is 2.50 bits per heavy atom. The zero-order chi connectivity index (χ0) is 15.3. The molecule has 1 unspecified atom stereocenters. The van der Waals surface area contributed by atoms with Crippen LogP contribution in [0.5, 0.6) is 0 Å². The van der Waals surface area contributed by atoms with E-state index in [-0.39, 0.29) is 5.92 Å². The van der Waals surface area contributed by atoms with Gasteiger partial charge in [-0.2, -0.15) is 0 Å². The zero-order valence-corrected chi connectivity index (χ0v) is 12.6. The maximum atomic E-state index is 11.7. The fraction of sp³-hybridized carbons (Fsp3) is 0.286. The molecule has 0 aliphatic rings. The first kappa shape index (κ1) is 16.5. The monoisotopic (exact) mass is 315 g/mol. The van der Waals surface area contributed by atoms with Crippen LogP contribution in [-0.2, 0) is 9.59 Å². The molecule has 0 heterocycles. The van der Waals surface area contributed by atoms with Crippen molar-refractivity contribution in [3.63, 3.8) is 0 Å². The number of hydrogen-bond acceptors (Lipinski definition) is 2. The highest BCUT2D eigenvalue weighted by molar-refractivity contribution is 6.34. The van der Waals surface area contributed by atoms with E-state index in [9.17, 15) is 9.59 Å². The number of aliphatic carboxylic acids is 1. The van der Waals surface area contributed by atoms with Crippen molar-refractivity contribution >= 4 is 41.2 Å². The van der Waals surface area contributed by atoms with Crippen LogP contribution in [0, 0.1) is 5.92 Å². The van der Waals surface area contributed by atoms with Crippen LogP contribution in [0.1, 0.15) is 19.4 Å². The van der Waals surface area contributed by atoms with E-state index in [2.05, 4.69) is 5.32 Å². The van der Waals surface area contributed by atoms with Crippen LogP contribution < -0.4 is 5.32 Å². The number of hydrogen-bond donors (Lipinski definition) is 2. The number of carboxylic acids is 1. The summed E-state index contributed by atoms with van der Waals surface area (Å²) in [5.74, 6) is -1.77. The molecule has 0 radical (unpaired) electrons. The molecule has 0 bridgehead atoms. The van der Waals surface area contributed by atoms with Crippen molar-refractivity contribution in [2.45, 2.75) is 19.9 Å². The molecule has 4 nitrogen and oxygen atoms in total. The topological polar surface area (TPSA) is 66.4 Å². The van der Waals surface area contributed by atoms with Gasteiger partial charge in [0, 0.05) is 16.1 Å². The summed E-state index contributed by atoms with van der Waals surface area (Å²) in [6.45, 7) is 3.44. The van der Waals surface area contributed by atoms with Crippen LogP contribution in [0.3, 0.4) is 0 Å². The van der Waals surface area contributed by atoms with Crippen molar-refractivity contribution < 1.29 is 14.7 Å². The Kier molecular flexibility index (Phi) is 6.05. The van der Waals surface area contributed by atoms with E-state index in [0.717, 1.165) is 0 Å². The molecule has 1 atom stereocenters. The average molecular weight is 316 g/mol. The number of benzene rings is 1. The molecule has 0 aliphatic carbocycles. The Hall–Kier alpha value is -1.52. The maximum absolute atomic E-state index is 11.7. The summed E-state index contributed by atoms with van der Waals surface area (Å²) in [6, 6.07) is 3.95. The van der Waals surface area contributed by atoms with Gasteiger partial charge < -0.3 is 10.4 Å². The molecule has 0 aromatic heterocycles. The van der Waals surface area contributed by atoms with Gasteiger partial charge >= 0.3 is 5.97 Å². The number of nitrogens with one attached hydrogen (secondary N) is 1. The molecule has 1 amide bonds. The summed E-state index contributed by atoms with van der Waals surface area (Å²) in [5.41, 5.74) is 0.589. The van der Waals surface area contributed by atoms with Gasteiger partial charge in [0.1, 0.15) is 6.04 Å². The largest absolute Gasteiger partial charge is 0.480 e. The fourth-order valence-corrected chi connectivity index (χ4v) is 1.88. The van der Waals surface area contributed by atoms with Gasteiger partial charge in [-0.25, -0.2) is 4.79 Å². The maximum Gasteiger partial charge on any atom is 0.326 e. The number of halogens is 2. The first-order chi connectivity index (χ1) is 9.31. The Morgan fingerprint density at radius 2 is 1.95 bits per heavy atom. The summed E-state index contributed by atoms with van der Waals surface area (Å²) in [6.07, 6.45) is 2.72. The van der Waals surface area contributed by atoms with Gasteiger partial charge in [0.2, 0.25) is 5.91 Å². The smallest absolute Gasteiger partial charge is 0.326 e. The van der Waals surface area contributed by atoms with Gasteiger partial charge in [-0.3, -0.25) is 4.79 Å². The molecule has 20 heavy (non-hydrogen) atoms. The molecule has 0 fully saturated rings. The molecule has 108 valence electrons. The first-order valence-corrected chi connectivity index (χ1v) is 6.73. The second-order valence-corrected chi connectivity index (χ2v) is 5.41. The van der Waals surface area contributed by atoms with E-state index in [0.29, 0.717) is 15.6 Å².